The lowest BCUT2D eigenvalue weighted by atomic mass is 10.0. The Bertz CT molecular complexity index is 855. The summed E-state index contributed by atoms with van der Waals surface area (Å²) in [5.41, 5.74) is 2.77. The summed E-state index contributed by atoms with van der Waals surface area (Å²) in [6.45, 7) is 1.33. The highest BCUT2D eigenvalue weighted by atomic mass is 35.5. The number of rotatable bonds is 3. The third-order valence-electron chi connectivity index (χ3n) is 4.25. The zero-order chi connectivity index (χ0) is 16.5. The summed E-state index contributed by atoms with van der Waals surface area (Å²) in [5.74, 6) is 0.0454. The van der Waals surface area contributed by atoms with Crippen LogP contribution in [-0.4, -0.2) is 38.9 Å². The minimum atomic E-state index is 0.0454. The van der Waals surface area contributed by atoms with Gasteiger partial charge >= 0.3 is 0 Å². The first kappa shape index (κ1) is 14.9. The topological polar surface area (TPSA) is 51.0 Å². The number of amides is 1. The van der Waals surface area contributed by atoms with Crippen molar-refractivity contribution in [2.75, 3.05) is 13.1 Å². The van der Waals surface area contributed by atoms with E-state index in [4.69, 9.17) is 11.6 Å². The van der Waals surface area contributed by atoms with Crippen LogP contribution in [0.4, 0.5) is 0 Å². The number of hydrogen-bond donors (Lipinski definition) is 0. The molecule has 24 heavy (non-hydrogen) atoms. The number of hydrogen-bond acceptors (Lipinski definition) is 3. The molecule has 4 rings (SSSR count). The lowest BCUT2D eigenvalue weighted by Gasteiger charge is -2.38. The SMILES string of the molecule is O=C(c1ccc(-c2cccc(Cl)c2)cc1)N1CC(n2ccnn2)C1. The van der Waals surface area contributed by atoms with Crippen LogP contribution in [0.1, 0.15) is 16.4 Å². The van der Waals surface area contributed by atoms with Crippen molar-refractivity contribution >= 4 is 17.5 Å². The van der Waals surface area contributed by atoms with Crippen LogP contribution in [0.5, 0.6) is 0 Å². The number of carbonyl (C=O) groups excluding carboxylic acids is 1. The predicted octanol–water partition coefficient (Wildman–Crippen LogP) is 3.30. The number of carbonyl (C=O) groups is 1. The largest absolute Gasteiger partial charge is 0.334 e. The summed E-state index contributed by atoms with van der Waals surface area (Å²) in [6.07, 6.45) is 3.48. The molecule has 0 aliphatic carbocycles. The first-order valence-corrected chi connectivity index (χ1v) is 8.09. The van der Waals surface area contributed by atoms with Gasteiger partial charge in [-0.3, -0.25) is 4.79 Å². The van der Waals surface area contributed by atoms with Gasteiger partial charge in [0.15, 0.2) is 0 Å². The maximum absolute atomic E-state index is 12.5. The maximum Gasteiger partial charge on any atom is 0.253 e. The summed E-state index contributed by atoms with van der Waals surface area (Å²) >= 11 is 6.03. The van der Waals surface area contributed by atoms with E-state index in [1.165, 1.54) is 0 Å². The highest BCUT2D eigenvalue weighted by Crippen LogP contribution is 2.25. The highest BCUT2D eigenvalue weighted by molar-refractivity contribution is 6.30. The Hall–Kier alpha value is -2.66. The van der Waals surface area contributed by atoms with E-state index in [-0.39, 0.29) is 11.9 Å². The highest BCUT2D eigenvalue weighted by Gasteiger charge is 2.32. The zero-order valence-electron chi connectivity index (χ0n) is 12.8. The maximum atomic E-state index is 12.5. The van der Waals surface area contributed by atoms with Crippen molar-refractivity contribution in [2.45, 2.75) is 6.04 Å². The summed E-state index contributed by atoms with van der Waals surface area (Å²) in [4.78, 5) is 14.3. The van der Waals surface area contributed by atoms with Gasteiger partial charge in [0.05, 0.1) is 12.2 Å². The monoisotopic (exact) mass is 338 g/mol. The van der Waals surface area contributed by atoms with Gasteiger partial charge in [0.25, 0.3) is 5.91 Å². The Balaban J connectivity index is 1.45. The molecular formula is C18H15ClN4O. The van der Waals surface area contributed by atoms with Gasteiger partial charge in [0.2, 0.25) is 0 Å². The fraction of sp³-hybridized carbons (Fsp3) is 0.167. The molecule has 1 aliphatic heterocycles. The predicted molar refractivity (Wildman–Crippen MR) is 91.9 cm³/mol. The summed E-state index contributed by atoms with van der Waals surface area (Å²) in [7, 11) is 0. The third kappa shape index (κ3) is 2.78. The van der Waals surface area contributed by atoms with Gasteiger partial charge in [0, 0.05) is 29.9 Å². The van der Waals surface area contributed by atoms with Crippen LogP contribution in [0.15, 0.2) is 60.9 Å². The molecule has 0 N–H and O–H groups in total. The first-order chi connectivity index (χ1) is 11.7. The molecule has 1 amide bonds. The second kappa shape index (κ2) is 6.09. The van der Waals surface area contributed by atoms with E-state index in [0.717, 1.165) is 11.1 Å². The van der Waals surface area contributed by atoms with Crippen molar-refractivity contribution in [3.63, 3.8) is 0 Å². The van der Waals surface area contributed by atoms with E-state index in [2.05, 4.69) is 10.3 Å². The van der Waals surface area contributed by atoms with E-state index >= 15 is 0 Å². The van der Waals surface area contributed by atoms with Crippen LogP contribution in [0, 0.1) is 0 Å². The van der Waals surface area contributed by atoms with Crippen LogP contribution in [0.25, 0.3) is 11.1 Å². The van der Waals surface area contributed by atoms with Crippen molar-refractivity contribution in [1.82, 2.24) is 19.9 Å². The number of halogens is 1. The molecule has 1 saturated heterocycles. The van der Waals surface area contributed by atoms with Crippen molar-refractivity contribution in [2.24, 2.45) is 0 Å². The molecule has 6 heteroatoms. The molecule has 3 aromatic rings. The van der Waals surface area contributed by atoms with E-state index < -0.39 is 0 Å². The van der Waals surface area contributed by atoms with Crippen LogP contribution in [0.2, 0.25) is 5.02 Å². The smallest absolute Gasteiger partial charge is 0.253 e. The van der Waals surface area contributed by atoms with E-state index in [1.54, 1.807) is 10.9 Å². The molecule has 2 aromatic carbocycles. The minimum absolute atomic E-state index is 0.0454. The summed E-state index contributed by atoms with van der Waals surface area (Å²) in [5, 5.41) is 8.47. The van der Waals surface area contributed by atoms with E-state index in [0.29, 0.717) is 23.7 Å². The van der Waals surface area contributed by atoms with Crippen LogP contribution in [0.3, 0.4) is 0 Å². The average molecular weight is 339 g/mol. The standard InChI is InChI=1S/C18H15ClN4O/c19-16-3-1-2-15(10-16)13-4-6-14(7-5-13)18(24)22-11-17(12-22)23-9-8-20-21-23/h1-10,17H,11-12H2. The van der Waals surface area contributed by atoms with Gasteiger partial charge in [-0.25, -0.2) is 4.68 Å². The van der Waals surface area contributed by atoms with Crippen molar-refractivity contribution < 1.29 is 4.79 Å². The lowest BCUT2D eigenvalue weighted by Crippen LogP contribution is -2.50. The van der Waals surface area contributed by atoms with Gasteiger partial charge < -0.3 is 4.90 Å². The molecule has 2 heterocycles. The molecular weight excluding hydrogens is 324 g/mol. The molecule has 0 unspecified atom stereocenters. The Kier molecular flexibility index (Phi) is 3.78. The molecule has 1 aliphatic rings. The third-order valence-corrected chi connectivity index (χ3v) is 4.49. The molecule has 1 aromatic heterocycles. The Morgan fingerprint density at radius 3 is 2.54 bits per heavy atom. The molecule has 0 saturated carbocycles. The van der Waals surface area contributed by atoms with Crippen LogP contribution in [-0.2, 0) is 0 Å². The lowest BCUT2D eigenvalue weighted by molar-refractivity contribution is 0.0498. The summed E-state index contributed by atoms with van der Waals surface area (Å²) < 4.78 is 1.80. The van der Waals surface area contributed by atoms with Gasteiger partial charge in [-0.15, -0.1) is 5.10 Å². The second-order valence-corrected chi connectivity index (χ2v) is 6.27. The van der Waals surface area contributed by atoms with Crippen molar-refractivity contribution in [3.8, 4) is 11.1 Å². The van der Waals surface area contributed by atoms with Crippen molar-refractivity contribution in [1.29, 1.82) is 0 Å². The Morgan fingerprint density at radius 1 is 1.08 bits per heavy atom. The van der Waals surface area contributed by atoms with Gasteiger partial charge in [-0.05, 0) is 35.4 Å². The fourth-order valence-electron chi connectivity index (χ4n) is 2.86. The first-order valence-electron chi connectivity index (χ1n) is 7.72. The molecule has 0 spiro atoms. The molecule has 1 fully saturated rings. The fourth-order valence-corrected chi connectivity index (χ4v) is 3.05. The van der Waals surface area contributed by atoms with Gasteiger partial charge in [-0.1, -0.05) is 41.1 Å². The number of likely N-dealkylation sites (tertiary alicyclic amines) is 1. The zero-order valence-corrected chi connectivity index (χ0v) is 13.6. The molecule has 120 valence electrons. The number of benzene rings is 2. The van der Waals surface area contributed by atoms with E-state index in [1.807, 2.05) is 59.6 Å². The van der Waals surface area contributed by atoms with Gasteiger partial charge in [0.1, 0.15) is 0 Å². The van der Waals surface area contributed by atoms with Crippen molar-refractivity contribution in [3.05, 3.63) is 71.5 Å². The molecule has 5 nitrogen and oxygen atoms in total. The van der Waals surface area contributed by atoms with E-state index in [9.17, 15) is 4.79 Å². The second-order valence-electron chi connectivity index (χ2n) is 5.83. The normalized spacial score (nSPS) is 14.5. The van der Waals surface area contributed by atoms with Crippen LogP contribution >= 0.6 is 11.6 Å². The summed E-state index contributed by atoms with van der Waals surface area (Å²) in [6, 6.07) is 15.5. The Morgan fingerprint density at radius 2 is 1.88 bits per heavy atom. The molecule has 0 radical (unpaired) electrons. The Labute approximate surface area is 144 Å². The number of aromatic nitrogens is 3. The quantitative estimate of drug-likeness (QED) is 0.736. The van der Waals surface area contributed by atoms with Crippen LogP contribution < -0.4 is 0 Å². The minimum Gasteiger partial charge on any atom is -0.334 e. The number of nitrogens with zero attached hydrogens (tertiary/aromatic N) is 4. The molecule has 0 atom stereocenters. The van der Waals surface area contributed by atoms with Gasteiger partial charge in [-0.2, -0.15) is 0 Å². The molecule has 0 bridgehead atoms. The average Bonchev–Trinajstić information content (AvgIpc) is 3.07.